The van der Waals surface area contributed by atoms with E-state index in [2.05, 4.69) is 5.10 Å². The van der Waals surface area contributed by atoms with Crippen LogP contribution in [-0.2, 0) is 0 Å². The zero-order valence-electron chi connectivity index (χ0n) is 10.7. The Morgan fingerprint density at radius 1 is 1.05 bits per heavy atom. The summed E-state index contributed by atoms with van der Waals surface area (Å²) in [6, 6.07) is 11.6. The van der Waals surface area contributed by atoms with Crippen LogP contribution in [0, 0.1) is 5.82 Å². The molecule has 0 spiro atoms. The van der Waals surface area contributed by atoms with Crippen LogP contribution >= 0.6 is 23.2 Å². The van der Waals surface area contributed by atoms with Crippen molar-refractivity contribution in [2.24, 2.45) is 0 Å². The summed E-state index contributed by atoms with van der Waals surface area (Å²) in [5.41, 5.74) is 8.39. The molecule has 2 N–H and O–H groups in total. The fraction of sp³-hybridized carbons (Fsp3) is 0. The van der Waals surface area contributed by atoms with Crippen LogP contribution in [0.5, 0.6) is 0 Å². The molecule has 3 nitrogen and oxygen atoms in total. The molecule has 6 heteroatoms. The van der Waals surface area contributed by atoms with Gasteiger partial charge >= 0.3 is 0 Å². The fourth-order valence-corrected chi connectivity index (χ4v) is 2.33. The van der Waals surface area contributed by atoms with Crippen molar-refractivity contribution in [3.8, 4) is 16.8 Å². The van der Waals surface area contributed by atoms with Crippen LogP contribution in [0.15, 0.2) is 48.7 Å². The van der Waals surface area contributed by atoms with Crippen molar-refractivity contribution in [1.82, 2.24) is 9.78 Å². The van der Waals surface area contributed by atoms with Crippen LogP contribution in [0.4, 0.5) is 10.2 Å². The van der Waals surface area contributed by atoms with Crippen LogP contribution in [0.1, 0.15) is 0 Å². The fourth-order valence-electron chi connectivity index (χ4n) is 2.03. The lowest BCUT2D eigenvalue weighted by atomic mass is 10.1. The van der Waals surface area contributed by atoms with Crippen molar-refractivity contribution in [2.45, 2.75) is 0 Å². The monoisotopic (exact) mass is 321 g/mol. The third kappa shape index (κ3) is 2.60. The predicted octanol–water partition coefficient (Wildman–Crippen LogP) is 4.57. The number of anilines is 1. The molecule has 0 bridgehead atoms. The number of benzene rings is 2. The molecule has 0 unspecified atom stereocenters. The average Bonchev–Trinajstić information content (AvgIpc) is 2.85. The van der Waals surface area contributed by atoms with Gasteiger partial charge in [0.15, 0.2) is 0 Å². The lowest BCUT2D eigenvalue weighted by Gasteiger charge is -2.06. The van der Waals surface area contributed by atoms with E-state index in [0.717, 1.165) is 11.1 Å². The summed E-state index contributed by atoms with van der Waals surface area (Å²) in [6.07, 6.45) is 1.65. The molecular formula is C15H10Cl2FN3. The molecule has 1 heterocycles. The summed E-state index contributed by atoms with van der Waals surface area (Å²) in [5, 5.41) is 4.90. The van der Waals surface area contributed by atoms with Crippen LogP contribution < -0.4 is 5.73 Å². The SMILES string of the molecule is Nc1c(-c2ccc(Cl)cc2)cnn1-c1ccc(F)c(Cl)c1. The molecule has 0 radical (unpaired) electrons. The number of nitrogens with two attached hydrogens (primary N) is 1. The van der Waals surface area contributed by atoms with E-state index in [4.69, 9.17) is 28.9 Å². The van der Waals surface area contributed by atoms with Crippen LogP contribution in [0.2, 0.25) is 10.0 Å². The summed E-state index contributed by atoms with van der Waals surface area (Å²) >= 11 is 11.7. The molecule has 0 aliphatic heterocycles. The topological polar surface area (TPSA) is 43.8 Å². The maximum atomic E-state index is 13.2. The van der Waals surface area contributed by atoms with E-state index in [1.54, 1.807) is 24.4 Å². The number of hydrogen-bond donors (Lipinski definition) is 1. The smallest absolute Gasteiger partial charge is 0.141 e. The Morgan fingerprint density at radius 3 is 2.43 bits per heavy atom. The quantitative estimate of drug-likeness (QED) is 0.751. The van der Waals surface area contributed by atoms with Crippen molar-refractivity contribution in [1.29, 1.82) is 0 Å². The second-order valence-electron chi connectivity index (χ2n) is 4.46. The average molecular weight is 322 g/mol. The highest BCUT2D eigenvalue weighted by molar-refractivity contribution is 6.31. The highest BCUT2D eigenvalue weighted by atomic mass is 35.5. The Balaban J connectivity index is 2.06. The van der Waals surface area contributed by atoms with Gasteiger partial charge in [0.2, 0.25) is 0 Å². The first kappa shape index (κ1) is 13.9. The van der Waals surface area contributed by atoms with Crippen molar-refractivity contribution in [3.05, 3.63) is 64.5 Å². The summed E-state index contributed by atoms with van der Waals surface area (Å²) in [7, 11) is 0. The molecule has 21 heavy (non-hydrogen) atoms. The van der Waals surface area contributed by atoms with E-state index in [1.807, 2.05) is 12.1 Å². The van der Waals surface area contributed by atoms with E-state index in [0.29, 0.717) is 16.5 Å². The molecular weight excluding hydrogens is 312 g/mol. The Hall–Kier alpha value is -2.04. The molecule has 106 valence electrons. The molecule has 0 saturated heterocycles. The molecule has 3 rings (SSSR count). The lowest BCUT2D eigenvalue weighted by molar-refractivity contribution is 0.627. The van der Waals surface area contributed by atoms with Gasteiger partial charge in [-0.2, -0.15) is 5.10 Å². The molecule has 2 aromatic carbocycles. The number of hydrogen-bond acceptors (Lipinski definition) is 2. The number of rotatable bonds is 2. The molecule has 1 aromatic heterocycles. The molecule has 0 aliphatic carbocycles. The first-order valence-electron chi connectivity index (χ1n) is 6.11. The number of halogens is 3. The molecule has 3 aromatic rings. The Labute approximate surface area is 130 Å². The number of nitrogen functional groups attached to an aromatic ring is 1. The first-order chi connectivity index (χ1) is 10.1. The second-order valence-corrected chi connectivity index (χ2v) is 5.30. The summed E-state index contributed by atoms with van der Waals surface area (Å²) in [5.74, 6) is -0.0379. The largest absolute Gasteiger partial charge is 0.383 e. The van der Waals surface area contributed by atoms with Gasteiger partial charge < -0.3 is 5.73 Å². The summed E-state index contributed by atoms with van der Waals surface area (Å²) in [6.45, 7) is 0. The van der Waals surface area contributed by atoms with E-state index in [1.165, 1.54) is 16.8 Å². The molecule has 0 aliphatic rings. The van der Waals surface area contributed by atoms with Crippen molar-refractivity contribution >= 4 is 29.0 Å². The van der Waals surface area contributed by atoms with Crippen LogP contribution in [0.25, 0.3) is 16.8 Å². The zero-order chi connectivity index (χ0) is 15.0. The highest BCUT2D eigenvalue weighted by Gasteiger charge is 2.12. The summed E-state index contributed by atoms with van der Waals surface area (Å²) in [4.78, 5) is 0. The lowest BCUT2D eigenvalue weighted by Crippen LogP contribution is -2.02. The van der Waals surface area contributed by atoms with Gasteiger partial charge in [-0.05, 0) is 35.9 Å². The van der Waals surface area contributed by atoms with Crippen molar-refractivity contribution < 1.29 is 4.39 Å². The van der Waals surface area contributed by atoms with E-state index >= 15 is 0 Å². The van der Waals surface area contributed by atoms with Crippen molar-refractivity contribution in [3.63, 3.8) is 0 Å². The minimum absolute atomic E-state index is 0.0236. The maximum Gasteiger partial charge on any atom is 0.141 e. The molecule has 0 atom stereocenters. The van der Waals surface area contributed by atoms with Gasteiger partial charge in [0, 0.05) is 10.6 Å². The summed E-state index contributed by atoms with van der Waals surface area (Å²) < 4.78 is 14.7. The minimum atomic E-state index is -0.482. The van der Waals surface area contributed by atoms with E-state index in [-0.39, 0.29) is 5.02 Å². The van der Waals surface area contributed by atoms with Gasteiger partial charge in [-0.3, -0.25) is 0 Å². The van der Waals surface area contributed by atoms with E-state index in [9.17, 15) is 4.39 Å². The minimum Gasteiger partial charge on any atom is -0.383 e. The zero-order valence-corrected chi connectivity index (χ0v) is 12.2. The molecule has 0 fully saturated rings. The van der Waals surface area contributed by atoms with Gasteiger partial charge in [0.1, 0.15) is 11.6 Å². The Bertz CT molecular complexity index is 797. The standard InChI is InChI=1S/C15H10Cl2FN3/c16-10-3-1-9(2-4-10)12-8-20-21(15(12)19)11-5-6-14(18)13(17)7-11/h1-8H,19H2. The van der Waals surface area contributed by atoms with Crippen LogP contribution in [-0.4, -0.2) is 9.78 Å². The van der Waals surface area contributed by atoms with Gasteiger partial charge in [0.25, 0.3) is 0 Å². The number of aromatic nitrogens is 2. The Kier molecular flexibility index (Phi) is 3.57. The number of nitrogens with zero attached hydrogens (tertiary/aromatic N) is 2. The highest BCUT2D eigenvalue weighted by Crippen LogP contribution is 2.29. The normalized spacial score (nSPS) is 10.8. The van der Waals surface area contributed by atoms with Gasteiger partial charge in [-0.15, -0.1) is 0 Å². The van der Waals surface area contributed by atoms with Gasteiger partial charge in [-0.1, -0.05) is 35.3 Å². The van der Waals surface area contributed by atoms with Gasteiger partial charge in [0.05, 0.1) is 16.9 Å². The molecule has 0 amide bonds. The van der Waals surface area contributed by atoms with Gasteiger partial charge in [-0.25, -0.2) is 9.07 Å². The van der Waals surface area contributed by atoms with Crippen LogP contribution in [0.3, 0.4) is 0 Å². The first-order valence-corrected chi connectivity index (χ1v) is 6.87. The van der Waals surface area contributed by atoms with E-state index < -0.39 is 5.82 Å². The third-order valence-corrected chi connectivity index (χ3v) is 3.65. The van der Waals surface area contributed by atoms with Crippen molar-refractivity contribution in [2.75, 3.05) is 5.73 Å². The maximum absolute atomic E-state index is 13.2. The Morgan fingerprint density at radius 2 is 1.76 bits per heavy atom. The third-order valence-electron chi connectivity index (χ3n) is 3.11. The molecule has 0 saturated carbocycles. The second kappa shape index (κ2) is 5.39. The predicted molar refractivity (Wildman–Crippen MR) is 83.4 cm³/mol.